The molecule has 0 fully saturated rings. The number of nitrogens with zero attached hydrogens (tertiary/aromatic N) is 3. The third-order valence-electron chi connectivity index (χ3n) is 5.65. The summed E-state index contributed by atoms with van der Waals surface area (Å²) >= 11 is 1.28. The molecule has 0 N–H and O–H groups in total. The summed E-state index contributed by atoms with van der Waals surface area (Å²) in [7, 11) is 6.38. The van der Waals surface area contributed by atoms with Crippen LogP contribution in [-0.4, -0.2) is 48.7 Å². The van der Waals surface area contributed by atoms with Crippen LogP contribution in [0, 0.1) is 6.92 Å². The van der Waals surface area contributed by atoms with Crippen LogP contribution < -0.4 is 19.8 Å². The number of benzene rings is 1. The van der Waals surface area contributed by atoms with Crippen molar-refractivity contribution in [2.75, 3.05) is 28.4 Å². The van der Waals surface area contributed by atoms with E-state index in [2.05, 4.69) is 4.98 Å². The van der Waals surface area contributed by atoms with Crippen LogP contribution >= 0.6 is 11.3 Å². The van der Waals surface area contributed by atoms with Crippen molar-refractivity contribution >= 4 is 27.5 Å². The zero-order chi connectivity index (χ0) is 22.3. The van der Waals surface area contributed by atoms with Gasteiger partial charge in [0.2, 0.25) is 5.75 Å². The lowest BCUT2D eigenvalue weighted by Gasteiger charge is -2.20. The van der Waals surface area contributed by atoms with Gasteiger partial charge in [0.15, 0.2) is 11.5 Å². The molecule has 4 rings (SSSR count). The SMILES string of the molecule is COc1ccc(CN(C)C(=O)c2sc3nc4n(c(=O)c3c2C)CCC4)c(OC)c1OC. The maximum atomic E-state index is 13.3. The van der Waals surface area contributed by atoms with E-state index in [0.717, 1.165) is 24.2 Å². The van der Waals surface area contributed by atoms with Crippen LogP contribution in [-0.2, 0) is 19.5 Å². The zero-order valence-corrected chi connectivity index (χ0v) is 19.1. The lowest BCUT2D eigenvalue weighted by molar-refractivity contribution is 0.0788. The number of fused-ring (bicyclic) bond motifs is 2. The maximum absolute atomic E-state index is 13.3. The van der Waals surface area contributed by atoms with Gasteiger partial charge >= 0.3 is 0 Å². The van der Waals surface area contributed by atoms with E-state index in [1.165, 1.54) is 11.3 Å². The van der Waals surface area contributed by atoms with E-state index in [-0.39, 0.29) is 11.5 Å². The monoisotopic (exact) mass is 443 g/mol. The Bertz CT molecular complexity index is 1230. The second kappa shape index (κ2) is 8.22. The molecule has 1 aliphatic heterocycles. The number of rotatable bonds is 6. The summed E-state index contributed by atoms with van der Waals surface area (Å²) in [4.78, 5) is 33.6. The molecule has 0 saturated heterocycles. The topological polar surface area (TPSA) is 82.9 Å². The molecule has 3 aromatic rings. The fraction of sp³-hybridized carbons (Fsp3) is 0.409. The van der Waals surface area contributed by atoms with Crippen molar-refractivity contribution in [3.63, 3.8) is 0 Å². The molecule has 164 valence electrons. The van der Waals surface area contributed by atoms with Gasteiger partial charge in [0, 0.05) is 32.1 Å². The van der Waals surface area contributed by atoms with E-state index < -0.39 is 0 Å². The number of aryl methyl sites for hydroxylation is 2. The first-order valence-corrected chi connectivity index (χ1v) is 10.8. The normalized spacial score (nSPS) is 12.7. The Kier molecular flexibility index (Phi) is 5.62. The standard InChI is InChI=1S/C22H25N3O5S/c1-12-16-20(23-15-7-6-10-25(15)21(16)26)31-19(12)22(27)24(2)11-13-8-9-14(28-3)18(30-5)17(13)29-4/h8-9H,6-7,10-11H2,1-5H3. The predicted molar refractivity (Wildman–Crippen MR) is 119 cm³/mol. The van der Waals surface area contributed by atoms with Crippen molar-refractivity contribution in [2.45, 2.75) is 32.9 Å². The molecule has 0 radical (unpaired) electrons. The lowest BCUT2D eigenvalue weighted by atomic mass is 10.1. The van der Waals surface area contributed by atoms with E-state index in [1.54, 1.807) is 43.9 Å². The average Bonchev–Trinajstić information content (AvgIpc) is 3.37. The molecule has 0 bridgehead atoms. The number of methoxy groups -OCH3 is 3. The first-order chi connectivity index (χ1) is 14.9. The van der Waals surface area contributed by atoms with Gasteiger partial charge in [-0.2, -0.15) is 0 Å². The zero-order valence-electron chi connectivity index (χ0n) is 18.3. The predicted octanol–water partition coefficient (Wildman–Crippen LogP) is 3.01. The summed E-state index contributed by atoms with van der Waals surface area (Å²) < 4.78 is 18.0. The number of carbonyl (C=O) groups is 1. The molecule has 0 atom stereocenters. The second-order valence-electron chi connectivity index (χ2n) is 7.48. The van der Waals surface area contributed by atoms with Crippen molar-refractivity contribution in [1.82, 2.24) is 14.5 Å². The van der Waals surface area contributed by atoms with Gasteiger partial charge in [-0.05, 0) is 31.0 Å². The maximum Gasteiger partial charge on any atom is 0.264 e. The van der Waals surface area contributed by atoms with Crippen LogP contribution in [0.4, 0.5) is 0 Å². The van der Waals surface area contributed by atoms with Crippen molar-refractivity contribution in [3.8, 4) is 17.2 Å². The van der Waals surface area contributed by atoms with Gasteiger partial charge in [-0.1, -0.05) is 0 Å². The Labute approximate surface area is 184 Å². The lowest BCUT2D eigenvalue weighted by Crippen LogP contribution is -2.26. The largest absolute Gasteiger partial charge is 0.493 e. The Morgan fingerprint density at radius 2 is 1.94 bits per heavy atom. The molecule has 1 aliphatic rings. The molecule has 31 heavy (non-hydrogen) atoms. The minimum atomic E-state index is -0.165. The fourth-order valence-corrected chi connectivity index (χ4v) is 5.25. The minimum Gasteiger partial charge on any atom is -0.493 e. The van der Waals surface area contributed by atoms with Gasteiger partial charge in [-0.25, -0.2) is 4.98 Å². The van der Waals surface area contributed by atoms with Gasteiger partial charge in [0.1, 0.15) is 10.7 Å². The van der Waals surface area contributed by atoms with Crippen LogP contribution in [0.5, 0.6) is 17.2 Å². The number of hydrogen-bond donors (Lipinski definition) is 0. The van der Waals surface area contributed by atoms with Crippen molar-refractivity contribution in [1.29, 1.82) is 0 Å². The summed E-state index contributed by atoms with van der Waals surface area (Å²) in [6.45, 7) is 2.81. The molecule has 0 spiro atoms. The molecule has 0 aliphatic carbocycles. The van der Waals surface area contributed by atoms with E-state index in [1.807, 2.05) is 13.0 Å². The highest BCUT2D eigenvalue weighted by atomic mass is 32.1. The highest BCUT2D eigenvalue weighted by Crippen LogP contribution is 2.40. The molecule has 0 unspecified atom stereocenters. The number of carbonyl (C=O) groups excluding carboxylic acids is 1. The smallest absolute Gasteiger partial charge is 0.264 e. The van der Waals surface area contributed by atoms with Gasteiger partial charge in [0.25, 0.3) is 11.5 Å². The molecule has 3 heterocycles. The summed E-state index contributed by atoms with van der Waals surface area (Å²) in [5.74, 6) is 2.19. The first-order valence-electron chi connectivity index (χ1n) is 9.97. The van der Waals surface area contributed by atoms with Crippen LogP contribution in [0.2, 0.25) is 0 Å². The molecule has 1 amide bonds. The first kappa shape index (κ1) is 21.2. The van der Waals surface area contributed by atoms with E-state index in [4.69, 9.17) is 14.2 Å². The Hall–Kier alpha value is -3.07. The van der Waals surface area contributed by atoms with Crippen LogP contribution in [0.1, 0.15) is 33.0 Å². The summed E-state index contributed by atoms with van der Waals surface area (Å²) in [6, 6.07) is 3.63. The highest BCUT2D eigenvalue weighted by molar-refractivity contribution is 7.20. The summed E-state index contributed by atoms with van der Waals surface area (Å²) in [6.07, 6.45) is 1.73. The third-order valence-corrected chi connectivity index (χ3v) is 6.82. The Morgan fingerprint density at radius 3 is 2.61 bits per heavy atom. The van der Waals surface area contributed by atoms with Gasteiger partial charge in [-0.15, -0.1) is 11.3 Å². The number of hydrogen-bond acceptors (Lipinski definition) is 7. The van der Waals surface area contributed by atoms with Crippen LogP contribution in [0.25, 0.3) is 10.2 Å². The van der Waals surface area contributed by atoms with Crippen molar-refractivity contribution in [3.05, 3.63) is 44.3 Å². The van der Waals surface area contributed by atoms with Crippen LogP contribution in [0.15, 0.2) is 16.9 Å². The Balaban J connectivity index is 1.68. The second-order valence-corrected chi connectivity index (χ2v) is 8.48. The third kappa shape index (κ3) is 3.42. The summed E-state index contributed by atoms with van der Waals surface area (Å²) in [5, 5.41) is 0.552. The van der Waals surface area contributed by atoms with Gasteiger partial charge in [-0.3, -0.25) is 14.2 Å². The average molecular weight is 444 g/mol. The molecule has 9 heteroatoms. The molecular formula is C22H25N3O5S. The van der Waals surface area contributed by atoms with Gasteiger partial charge < -0.3 is 19.1 Å². The molecular weight excluding hydrogens is 418 g/mol. The van der Waals surface area contributed by atoms with E-state index in [9.17, 15) is 9.59 Å². The number of aromatic nitrogens is 2. The number of ether oxygens (including phenoxy) is 3. The molecule has 1 aromatic carbocycles. The van der Waals surface area contributed by atoms with Crippen molar-refractivity contribution in [2.24, 2.45) is 0 Å². The van der Waals surface area contributed by atoms with E-state index in [0.29, 0.717) is 51.0 Å². The quantitative estimate of drug-likeness (QED) is 0.582. The van der Waals surface area contributed by atoms with Crippen molar-refractivity contribution < 1.29 is 19.0 Å². The van der Waals surface area contributed by atoms with Gasteiger partial charge in [0.05, 0.1) is 31.6 Å². The van der Waals surface area contributed by atoms with E-state index >= 15 is 0 Å². The Morgan fingerprint density at radius 1 is 1.19 bits per heavy atom. The molecule has 0 saturated carbocycles. The minimum absolute atomic E-state index is 0.0467. The fourth-order valence-electron chi connectivity index (χ4n) is 4.07. The number of thiophene rings is 1. The summed E-state index contributed by atoms with van der Waals surface area (Å²) in [5.41, 5.74) is 1.43. The van der Waals surface area contributed by atoms with Crippen LogP contribution in [0.3, 0.4) is 0 Å². The molecule has 2 aromatic heterocycles. The number of amides is 1. The highest BCUT2D eigenvalue weighted by Gasteiger charge is 2.26. The molecule has 8 nitrogen and oxygen atoms in total.